The summed E-state index contributed by atoms with van der Waals surface area (Å²) >= 11 is 3.07. The van der Waals surface area contributed by atoms with Crippen LogP contribution in [0, 0.1) is 35.1 Å². The summed E-state index contributed by atoms with van der Waals surface area (Å²) < 4.78 is 143. The summed E-state index contributed by atoms with van der Waals surface area (Å²) in [5.74, 6) is -7.49. The molecule has 0 aliphatic rings. The van der Waals surface area contributed by atoms with Gasteiger partial charge in [0.25, 0.3) is 0 Å². The number of benzene rings is 2. The number of rotatable bonds is 8. The number of aromatic nitrogens is 2. The molecule has 0 amide bonds. The number of hydrogen-bond donors (Lipinski definition) is 0. The lowest BCUT2D eigenvalue weighted by molar-refractivity contribution is -0.144. The zero-order chi connectivity index (χ0) is 43.8. The Kier molecular flexibility index (Phi) is 9.37. The van der Waals surface area contributed by atoms with Crippen molar-refractivity contribution in [1.82, 2.24) is 9.13 Å². The summed E-state index contributed by atoms with van der Waals surface area (Å²) in [4.78, 5) is 61.1. The van der Waals surface area contributed by atoms with Crippen LogP contribution in [0.3, 0.4) is 0 Å². The standard InChI is InChI=1S/C40H22F10N4O4S3/c1-13(9-39(45,46)47)11-53-23-7-25(51-27-31(55)15-3-19(41)20(42)4-16(15)32(27)56)59-35(23)37-29(53)30-38(61-37)36-24(54(30)12-14(2)10-40(48,49)50)8-26(60-36)52-28-33(57)17-5-21(43)22(44)6-18(17)34(28)58/h3-8,13-14H,9-12H2,1-2H3. The van der Waals surface area contributed by atoms with E-state index in [4.69, 9.17) is 0 Å². The smallest absolute Gasteiger partial charge is 0.337 e. The van der Waals surface area contributed by atoms with Crippen LogP contribution >= 0.6 is 34.0 Å². The van der Waals surface area contributed by atoms with E-state index in [2.05, 4.69) is 9.98 Å². The molecule has 61 heavy (non-hydrogen) atoms. The summed E-state index contributed by atoms with van der Waals surface area (Å²) in [6.07, 6.45) is -11.5. The number of nitrogens with zero attached hydrogens (tertiary/aromatic N) is 4. The van der Waals surface area contributed by atoms with E-state index in [1.54, 1.807) is 9.13 Å². The molecule has 0 bridgehead atoms. The van der Waals surface area contributed by atoms with Gasteiger partial charge in [-0.15, -0.1) is 34.0 Å². The Morgan fingerprint density at radius 3 is 1.11 bits per heavy atom. The molecule has 0 spiro atoms. The SMILES string of the molecule is CC(Cn1c2cc(N=c3c(=O)c4cc(F)c(F)cc4c3=O)sc2c2sc3c4sc(N=c5c(=O)c6cc(F)c(F)cc6c5=O)cc4n(CC(C)CC(F)(F)F)c3c21)CC(F)(F)F. The van der Waals surface area contributed by atoms with Crippen LogP contribution in [0.5, 0.6) is 0 Å². The molecule has 5 aromatic heterocycles. The first-order chi connectivity index (χ1) is 28.6. The monoisotopic (exact) mass is 908 g/mol. The van der Waals surface area contributed by atoms with Gasteiger partial charge in [0.15, 0.2) is 34.0 Å². The molecular weight excluding hydrogens is 887 g/mol. The molecule has 0 aliphatic heterocycles. The van der Waals surface area contributed by atoms with Crippen molar-refractivity contribution >= 4 is 106 Å². The second kappa shape index (κ2) is 14.0. The largest absolute Gasteiger partial charge is 0.389 e. The molecule has 314 valence electrons. The Balaban J connectivity index is 1.30. The highest BCUT2D eigenvalue weighted by Crippen LogP contribution is 2.51. The van der Waals surface area contributed by atoms with E-state index in [0.717, 1.165) is 34.0 Å². The second-order valence-corrected chi connectivity index (χ2v) is 18.1. The van der Waals surface area contributed by atoms with Gasteiger partial charge < -0.3 is 9.13 Å². The minimum absolute atomic E-state index is 0.0559. The maximum atomic E-state index is 14.0. The first kappa shape index (κ1) is 40.8. The van der Waals surface area contributed by atoms with Gasteiger partial charge in [-0.1, -0.05) is 13.8 Å². The van der Waals surface area contributed by atoms with Crippen LogP contribution in [0.15, 0.2) is 65.6 Å². The molecule has 2 atom stereocenters. The van der Waals surface area contributed by atoms with Crippen LogP contribution in [0.25, 0.3) is 62.4 Å². The Morgan fingerprint density at radius 2 is 0.820 bits per heavy atom. The van der Waals surface area contributed by atoms with Crippen molar-refractivity contribution < 1.29 is 43.9 Å². The summed E-state index contributed by atoms with van der Waals surface area (Å²) in [6.45, 7) is 2.24. The van der Waals surface area contributed by atoms with E-state index in [0.29, 0.717) is 65.1 Å². The number of thiophene rings is 3. The minimum Gasteiger partial charge on any atom is -0.337 e. The second-order valence-electron chi connectivity index (χ2n) is 15.0. The lowest BCUT2D eigenvalue weighted by Gasteiger charge is -2.18. The predicted molar refractivity (Wildman–Crippen MR) is 214 cm³/mol. The fraction of sp³-hybridized carbons (Fsp3) is 0.250. The van der Waals surface area contributed by atoms with Gasteiger partial charge in [-0.05, 0) is 48.2 Å². The molecule has 8 nitrogen and oxygen atoms in total. The van der Waals surface area contributed by atoms with Gasteiger partial charge in [0.1, 0.15) is 10.0 Å². The first-order valence-electron chi connectivity index (χ1n) is 18.1. The van der Waals surface area contributed by atoms with Crippen LogP contribution in [-0.2, 0) is 13.1 Å². The van der Waals surface area contributed by atoms with Crippen LogP contribution < -0.4 is 32.4 Å². The highest BCUT2D eigenvalue weighted by atomic mass is 32.1. The topological polar surface area (TPSA) is 103 Å². The Bertz CT molecular complexity index is 3320. The van der Waals surface area contributed by atoms with Crippen molar-refractivity contribution in [2.75, 3.05) is 0 Å². The van der Waals surface area contributed by atoms with Crippen LogP contribution in [0.2, 0.25) is 0 Å². The lowest BCUT2D eigenvalue weighted by atomic mass is 10.1. The molecule has 0 saturated carbocycles. The summed E-state index contributed by atoms with van der Waals surface area (Å²) in [6, 6.07) is 5.25. The van der Waals surface area contributed by atoms with Gasteiger partial charge in [0.2, 0.25) is 21.7 Å². The number of fused-ring (bicyclic) bond motifs is 9. The number of hydrogen-bond acceptors (Lipinski definition) is 9. The average Bonchev–Trinajstić information content (AvgIpc) is 4.00. The number of halogens is 10. The highest BCUT2D eigenvalue weighted by molar-refractivity contribution is 7.35. The van der Waals surface area contributed by atoms with E-state index in [1.165, 1.54) is 26.0 Å². The molecule has 0 radical (unpaired) electrons. The Morgan fingerprint density at radius 1 is 0.508 bits per heavy atom. The third-order valence-electron chi connectivity index (χ3n) is 10.3. The zero-order valence-electron chi connectivity index (χ0n) is 30.9. The van der Waals surface area contributed by atoms with Crippen molar-refractivity contribution in [3.05, 3.63) is 111 Å². The van der Waals surface area contributed by atoms with E-state index < -0.39 is 114 Å². The van der Waals surface area contributed by atoms with Crippen LogP contribution in [-0.4, -0.2) is 21.5 Å². The predicted octanol–water partition coefficient (Wildman–Crippen LogP) is 9.78. The lowest BCUT2D eigenvalue weighted by Crippen LogP contribution is -2.31. The molecule has 21 heteroatoms. The van der Waals surface area contributed by atoms with Crippen LogP contribution in [0.4, 0.5) is 53.9 Å². The molecule has 0 aliphatic carbocycles. The van der Waals surface area contributed by atoms with Crippen molar-refractivity contribution in [3.8, 4) is 0 Å². The van der Waals surface area contributed by atoms with Gasteiger partial charge in [-0.2, -0.15) is 26.3 Å². The van der Waals surface area contributed by atoms with Gasteiger partial charge in [0, 0.05) is 47.5 Å². The minimum atomic E-state index is -4.56. The molecular formula is C40H22F10N4O4S3. The van der Waals surface area contributed by atoms with Crippen molar-refractivity contribution in [2.45, 2.75) is 52.1 Å². The molecule has 9 rings (SSSR count). The first-order valence-corrected chi connectivity index (χ1v) is 20.5. The summed E-state index contributed by atoms with van der Waals surface area (Å²) in [7, 11) is 0. The molecule has 9 aromatic rings. The van der Waals surface area contributed by atoms with Crippen molar-refractivity contribution in [2.24, 2.45) is 21.8 Å². The van der Waals surface area contributed by atoms with Crippen molar-refractivity contribution in [1.29, 1.82) is 0 Å². The third kappa shape index (κ3) is 6.80. The summed E-state index contributed by atoms with van der Waals surface area (Å²) in [5, 5.41) is -2.72. The normalized spacial score (nSPS) is 14.0. The molecule has 0 N–H and O–H groups in total. The van der Waals surface area contributed by atoms with Crippen LogP contribution in [0.1, 0.15) is 26.7 Å². The molecule has 4 aromatic carbocycles. The zero-order valence-corrected chi connectivity index (χ0v) is 33.3. The Labute approximate surface area is 343 Å². The molecule has 0 saturated heterocycles. The van der Waals surface area contributed by atoms with E-state index >= 15 is 0 Å². The van der Waals surface area contributed by atoms with Gasteiger partial charge in [0.05, 0.1) is 40.9 Å². The molecule has 0 fully saturated rings. The van der Waals surface area contributed by atoms with Crippen molar-refractivity contribution in [3.63, 3.8) is 0 Å². The molecule has 2 unspecified atom stereocenters. The van der Waals surface area contributed by atoms with E-state index in [1.807, 2.05) is 0 Å². The average molecular weight is 909 g/mol. The van der Waals surface area contributed by atoms with Gasteiger partial charge >= 0.3 is 12.4 Å². The third-order valence-corrected chi connectivity index (χ3v) is 13.9. The maximum Gasteiger partial charge on any atom is 0.389 e. The highest BCUT2D eigenvalue weighted by Gasteiger charge is 2.34. The van der Waals surface area contributed by atoms with Gasteiger partial charge in [-0.25, -0.2) is 27.5 Å². The fourth-order valence-electron chi connectivity index (χ4n) is 7.94. The maximum absolute atomic E-state index is 14.0. The summed E-state index contributed by atoms with van der Waals surface area (Å²) in [5.41, 5.74) is -2.40. The number of alkyl halides is 6. The fourth-order valence-corrected chi connectivity index (χ4v) is 11.6. The quantitative estimate of drug-likeness (QED) is 0.142. The molecule has 5 heterocycles. The van der Waals surface area contributed by atoms with Gasteiger partial charge in [-0.3, -0.25) is 19.2 Å². The van der Waals surface area contributed by atoms with E-state index in [9.17, 15) is 63.1 Å². The van der Waals surface area contributed by atoms with E-state index in [-0.39, 0.29) is 23.1 Å². The Hall–Kier alpha value is -5.54.